The second-order valence-electron chi connectivity index (χ2n) is 5.83. The molecular formula is C17H25ClN2O3S. The molecule has 0 aromatic heterocycles. The first kappa shape index (κ1) is 19.4. The minimum atomic E-state index is 0. The normalized spacial score (nSPS) is 21.6. The largest absolute Gasteiger partial charge is 0.497 e. The lowest BCUT2D eigenvalue weighted by molar-refractivity contribution is -0.128. The van der Waals surface area contributed by atoms with Crippen LogP contribution in [0.25, 0.3) is 0 Å². The van der Waals surface area contributed by atoms with E-state index in [0.29, 0.717) is 5.75 Å². The Bertz CT molecular complexity index is 523. The molecule has 0 aliphatic carbocycles. The minimum absolute atomic E-state index is 0. The Labute approximate surface area is 154 Å². The lowest BCUT2D eigenvalue weighted by Crippen LogP contribution is -2.38. The van der Waals surface area contributed by atoms with Crippen molar-refractivity contribution < 1.29 is 14.3 Å². The number of halogens is 1. The van der Waals surface area contributed by atoms with E-state index in [0.717, 1.165) is 51.6 Å². The molecule has 2 aliphatic rings. The number of nitrogens with zero attached hydrogens (tertiary/aromatic N) is 2. The van der Waals surface area contributed by atoms with E-state index in [9.17, 15) is 4.79 Å². The number of methoxy groups -OCH3 is 1. The number of rotatable bonds is 6. The maximum atomic E-state index is 12.2. The molecule has 0 spiro atoms. The standard InChI is InChI=1S/C17H24N2O3S.ClH/c1-21-15-5-3-14(4-6-15)17-19(16(20)13-23-17)8-2-7-18-9-11-22-12-10-18;/h3-6,17H,2,7-13H2,1H3;1H. The molecule has 2 fully saturated rings. The fraction of sp³-hybridized carbons (Fsp3) is 0.588. The van der Waals surface area contributed by atoms with Crippen LogP contribution in [0, 0.1) is 0 Å². The summed E-state index contributed by atoms with van der Waals surface area (Å²) in [6, 6.07) is 8.04. The van der Waals surface area contributed by atoms with E-state index >= 15 is 0 Å². The van der Waals surface area contributed by atoms with Gasteiger partial charge in [0.15, 0.2) is 0 Å². The van der Waals surface area contributed by atoms with Gasteiger partial charge in [-0.15, -0.1) is 24.2 Å². The van der Waals surface area contributed by atoms with Gasteiger partial charge >= 0.3 is 0 Å². The van der Waals surface area contributed by atoms with Crippen molar-refractivity contribution >= 4 is 30.1 Å². The van der Waals surface area contributed by atoms with Crippen LogP contribution in [-0.4, -0.2) is 68.0 Å². The van der Waals surface area contributed by atoms with Gasteiger partial charge in [0.25, 0.3) is 0 Å². The fourth-order valence-corrected chi connectivity index (χ4v) is 4.25. The number of thioether (sulfide) groups is 1. The molecule has 1 aromatic rings. The molecule has 2 aliphatic heterocycles. The maximum Gasteiger partial charge on any atom is 0.233 e. The van der Waals surface area contributed by atoms with E-state index in [-0.39, 0.29) is 23.7 Å². The average Bonchev–Trinajstić information content (AvgIpc) is 2.97. The van der Waals surface area contributed by atoms with E-state index in [1.165, 1.54) is 5.56 Å². The molecular weight excluding hydrogens is 348 g/mol. The Morgan fingerprint density at radius 1 is 1.21 bits per heavy atom. The van der Waals surface area contributed by atoms with Crippen LogP contribution in [0.4, 0.5) is 0 Å². The van der Waals surface area contributed by atoms with Crippen molar-refractivity contribution in [3.63, 3.8) is 0 Å². The van der Waals surface area contributed by atoms with Crippen LogP contribution < -0.4 is 4.74 Å². The SMILES string of the molecule is COc1ccc(C2SCC(=O)N2CCCN2CCOCC2)cc1.Cl. The van der Waals surface area contributed by atoms with Crippen LogP contribution in [-0.2, 0) is 9.53 Å². The molecule has 24 heavy (non-hydrogen) atoms. The molecule has 134 valence electrons. The Morgan fingerprint density at radius 3 is 2.58 bits per heavy atom. The van der Waals surface area contributed by atoms with Crippen molar-refractivity contribution in [1.82, 2.24) is 9.80 Å². The van der Waals surface area contributed by atoms with Gasteiger partial charge in [-0.25, -0.2) is 0 Å². The molecule has 0 N–H and O–H groups in total. The number of morpholine rings is 1. The molecule has 0 saturated carbocycles. The van der Waals surface area contributed by atoms with Gasteiger partial charge in [-0.3, -0.25) is 9.69 Å². The summed E-state index contributed by atoms with van der Waals surface area (Å²) in [6.45, 7) is 5.52. The van der Waals surface area contributed by atoms with Crippen molar-refractivity contribution in [2.24, 2.45) is 0 Å². The smallest absolute Gasteiger partial charge is 0.233 e. The van der Waals surface area contributed by atoms with Gasteiger partial charge in [0.05, 0.1) is 26.1 Å². The highest BCUT2D eigenvalue weighted by atomic mass is 35.5. The quantitative estimate of drug-likeness (QED) is 0.767. The van der Waals surface area contributed by atoms with Crippen LogP contribution in [0.3, 0.4) is 0 Å². The number of hydrogen-bond donors (Lipinski definition) is 0. The zero-order chi connectivity index (χ0) is 16.1. The number of benzene rings is 1. The van der Waals surface area contributed by atoms with Crippen molar-refractivity contribution in [3.05, 3.63) is 29.8 Å². The predicted octanol–water partition coefficient (Wildman–Crippen LogP) is 2.41. The van der Waals surface area contributed by atoms with Gasteiger partial charge in [-0.05, 0) is 24.1 Å². The van der Waals surface area contributed by atoms with Crippen molar-refractivity contribution in [2.75, 3.05) is 52.3 Å². The third-order valence-corrected chi connectivity index (χ3v) is 5.60. The summed E-state index contributed by atoms with van der Waals surface area (Å²) in [4.78, 5) is 16.6. The van der Waals surface area contributed by atoms with Gasteiger partial charge < -0.3 is 14.4 Å². The van der Waals surface area contributed by atoms with Gasteiger partial charge in [0, 0.05) is 26.2 Å². The van der Waals surface area contributed by atoms with E-state index in [1.54, 1.807) is 18.9 Å². The molecule has 3 rings (SSSR count). The van der Waals surface area contributed by atoms with Crippen LogP contribution in [0.2, 0.25) is 0 Å². The summed E-state index contributed by atoms with van der Waals surface area (Å²) in [5.74, 6) is 1.67. The van der Waals surface area contributed by atoms with E-state index in [2.05, 4.69) is 17.0 Å². The lowest BCUT2D eigenvalue weighted by Gasteiger charge is -2.29. The first-order valence-electron chi connectivity index (χ1n) is 8.13. The monoisotopic (exact) mass is 372 g/mol. The highest BCUT2D eigenvalue weighted by Gasteiger charge is 2.32. The molecule has 1 amide bonds. The topological polar surface area (TPSA) is 42.0 Å². The summed E-state index contributed by atoms with van der Waals surface area (Å²) >= 11 is 1.71. The third kappa shape index (κ3) is 4.79. The lowest BCUT2D eigenvalue weighted by atomic mass is 10.2. The number of hydrogen-bond acceptors (Lipinski definition) is 5. The van der Waals surface area contributed by atoms with E-state index < -0.39 is 0 Å². The zero-order valence-corrected chi connectivity index (χ0v) is 15.6. The highest BCUT2D eigenvalue weighted by Crippen LogP contribution is 2.39. The van der Waals surface area contributed by atoms with Gasteiger partial charge in [-0.1, -0.05) is 12.1 Å². The summed E-state index contributed by atoms with van der Waals surface area (Å²) in [5.41, 5.74) is 1.17. The van der Waals surface area contributed by atoms with Crippen LogP contribution in [0.1, 0.15) is 17.4 Å². The summed E-state index contributed by atoms with van der Waals surface area (Å²) in [6.07, 6.45) is 1.01. The third-order valence-electron chi connectivity index (χ3n) is 4.35. The Kier molecular flexibility index (Phi) is 7.68. The summed E-state index contributed by atoms with van der Waals surface area (Å²) in [7, 11) is 1.67. The Balaban J connectivity index is 0.00000208. The first-order valence-corrected chi connectivity index (χ1v) is 9.18. The highest BCUT2D eigenvalue weighted by molar-refractivity contribution is 8.00. The Hall–Kier alpha value is -0.950. The van der Waals surface area contributed by atoms with Crippen LogP contribution >= 0.6 is 24.2 Å². The summed E-state index contributed by atoms with van der Waals surface area (Å²) < 4.78 is 10.6. The minimum Gasteiger partial charge on any atom is -0.497 e. The van der Waals surface area contributed by atoms with Crippen LogP contribution in [0.5, 0.6) is 5.75 Å². The molecule has 0 bridgehead atoms. The molecule has 7 heteroatoms. The number of carbonyl (C=O) groups excluding carboxylic acids is 1. The van der Waals surface area contributed by atoms with E-state index in [4.69, 9.17) is 9.47 Å². The molecule has 1 unspecified atom stereocenters. The zero-order valence-electron chi connectivity index (χ0n) is 14.0. The second kappa shape index (κ2) is 9.51. The maximum absolute atomic E-state index is 12.2. The molecule has 2 saturated heterocycles. The molecule has 2 heterocycles. The number of amides is 1. The summed E-state index contributed by atoms with van der Waals surface area (Å²) in [5, 5.41) is 0.137. The molecule has 0 radical (unpaired) electrons. The number of ether oxygens (including phenoxy) is 2. The fourth-order valence-electron chi connectivity index (χ4n) is 3.03. The molecule has 5 nitrogen and oxygen atoms in total. The Morgan fingerprint density at radius 2 is 1.92 bits per heavy atom. The van der Waals surface area contributed by atoms with E-state index in [1.807, 2.05) is 17.0 Å². The van der Waals surface area contributed by atoms with Gasteiger partial charge in [0.1, 0.15) is 11.1 Å². The number of carbonyl (C=O) groups is 1. The average molecular weight is 373 g/mol. The molecule has 1 atom stereocenters. The molecule has 1 aromatic carbocycles. The van der Waals surface area contributed by atoms with Crippen molar-refractivity contribution in [1.29, 1.82) is 0 Å². The van der Waals surface area contributed by atoms with Gasteiger partial charge in [-0.2, -0.15) is 0 Å². The van der Waals surface area contributed by atoms with Crippen LogP contribution in [0.15, 0.2) is 24.3 Å². The predicted molar refractivity (Wildman–Crippen MR) is 99.0 cm³/mol. The first-order chi connectivity index (χ1) is 11.3. The van der Waals surface area contributed by atoms with Crippen molar-refractivity contribution in [3.8, 4) is 5.75 Å². The van der Waals surface area contributed by atoms with Gasteiger partial charge in [0.2, 0.25) is 5.91 Å². The second-order valence-corrected chi connectivity index (χ2v) is 6.90. The van der Waals surface area contributed by atoms with Crippen molar-refractivity contribution in [2.45, 2.75) is 11.8 Å².